The molecule has 136 valence electrons. The van der Waals surface area contributed by atoms with Crippen molar-refractivity contribution < 1.29 is 38.5 Å². The van der Waals surface area contributed by atoms with Gasteiger partial charge in [0, 0.05) is 34.5 Å². The van der Waals surface area contributed by atoms with Crippen LogP contribution in [0.25, 0.3) is 0 Å². The van der Waals surface area contributed by atoms with Gasteiger partial charge >= 0.3 is 23.0 Å². The highest BCUT2D eigenvalue weighted by molar-refractivity contribution is 6.14. The number of nitro groups is 2. The molecule has 4 atom stereocenters. The van der Waals surface area contributed by atoms with Crippen LogP contribution in [0.5, 0.6) is 0 Å². The molecular weight excluding hydrogens is 344 g/mol. The summed E-state index contributed by atoms with van der Waals surface area (Å²) >= 11 is 0. The maximum absolute atomic E-state index is 12.6. The predicted octanol–water partition coefficient (Wildman–Crippen LogP) is -1.07. The second-order valence-electron chi connectivity index (χ2n) is 5.98. The summed E-state index contributed by atoms with van der Waals surface area (Å²) in [6.45, 7) is 0. The number of fused-ring (bicyclic) bond motifs is 2. The third kappa shape index (κ3) is 2.20. The quantitative estimate of drug-likeness (QED) is 0.260. The van der Waals surface area contributed by atoms with Crippen molar-refractivity contribution in [2.75, 3.05) is 14.2 Å². The summed E-state index contributed by atoms with van der Waals surface area (Å²) in [7, 11) is 1.70. The third-order valence-corrected chi connectivity index (χ3v) is 4.88. The average Bonchev–Trinajstić information content (AvgIpc) is 2.58. The fourth-order valence-corrected chi connectivity index (χ4v) is 3.68. The molecule has 0 aromatic heterocycles. The summed E-state index contributed by atoms with van der Waals surface area (Å²) < 4.78 is 8.71. The van der Waals surface area contributed by atoms with Gasteiger partial charge in [0.15, 0.2) is 0 Å². The molecule has 12 nitrogen and oxygen atoms in total. The van der Waals surface area contributed by atoms with Gasteiger partial charge in [-0.1, -0.05) is 0 Å². The van der Waals surface area contributed by atoms with Crippen molar-refractivity contribution in [1.29, 1.82) is 0 Å². The number of carbonyl (C=O) groups excluding carboxylic acids is 4. The van der Waals surface area contributed by atoms with Crippen LogP contribution in [0, 0.1) is 32.1 Å². The zero-order chi connectivity index (χ0) is 19.2. The van der Waals surface area contributed by atoms with E-state index in [0.717, 1.165) is 14.2 Å². The van der Waals surface area contributed by atoms with Crippen LogP contribution in [0.2, 0.25) is 0 Å². The summed E-state index contributed by atoms with van der Waals surface area (Å²) in [5.74, 6) is -8.10. The van der Waals surface area contributed by atoms with E-state index < -0.39 is 69.1 Å². The Morgan fingerprint density at radius 2 is 1.24 bits per heavy atom. The molecule has 0 aliphatic heterocycles. The van der Waals surface area contributed by atoms with Crippen molar-refractivity contribution in [2.45, 2.75) is 30.3 Å². The van der Waals surface area contributed by atoms with Crippen LogP contribution in [-0.4, -0.2) is 58.6 Å². The Hall–Kier alpha value is -2.92. The fourth-order valence-electron chi connectivity index (χ4n) is 3.68. The largest absolute Gasteiger partial charge is 0.463 e. The lowest BCUT2D eigenvalue weighted by Gasteiger charge is -2.41. The first-order valence-corrected chi connectivity index (χ1v) is 7.14. The van der Waals surface area contributed by atoms with Crippen LogP contribution in [0.3, 0.4) is 0 Å². The highest BCUT2D eigenvalue weighted by Gasteiger charge is 2.74. The molecule has 2 bridgehead atoms. The predicted molar refractivity (Wildman–Crippen MR) is 74.3 cm³/mol. The van der Waals surface area contributed by atoms with E-state index in [1.165, 1.54) is 0 Å². The van der Waals surface area contributed by atoms with Crippen LogP contribution in [-0.2, 0) is 28.7 Å². The van der Waals surface area contributed by atoms with Crippen LogP contribution >= 0.6 is 0 Å². The Balaban J connectivity index is 2.59. The van der Waals surface area contributed by atoms with Gasteiger partial charge in [0.05, 0.1) is 14.2 Å². The van der Waals surface area contributed by atoms with Crippen molar-refractivity contribution in [3.05, 3.63) is 20.2 Å². The second kappa shape index (κ2) is 5.86. The molecule has 0 aromatic rings. The smallest absolute Gasteiger partial charge is 0.392 e. The SMILES string of the molecule is COC(=O)[C@@]1([N+](=O)[O-])C[C@H]2C[C@H](C[C@@](C(=O)OC)([N+](=O)[O-])C2=O)C1=O. The summed E-state index contributed by atoms with van der Waals surface area (Å²) in [6.07, 6.45) is -2.00. The number of nitrogens with zero attached hydrogens (tertiary/aromatic N) is 2. The standard InChI is InChI=1S/C13H14N2O10/c1-24-10(18)12(14(20)21)4-6-3-7(8(12)16)5-13(9(6)17,15(22)23)11(19)25-2/h6-7H,3-5H2,1-2H3/t6-,7-,12-,13-/m1/s1. The van der Waals surface area contributed by atoms with Crippen molar-refractivity contribution >= 4 is 23.5 Å². The summed E-state index contributed by atoms with van der Waals surface area (Å²) in [6, 6.07) is 0. The van der Waals surface area contributed by atoms with E-state index in [-0.39, 0.29) is 6.42 Å². The van der Waals surface area contributed by atoms with Crippen molar-refractivity contribution in [1.82, 2.24) is 0 Å². The van der Waals surface area contributed by atoms with Crippen molar-refractivity contribution in [2.24, 2.45) is 11.8 Å². The van der Waals surface area contributed by atoms with Crippen molar-refractivity contribution in [3.63, 3.8) is 0 Å². The zero-order valence-corrected chi connectivity index (χ0v) is 13.3. The number of hydrogen-bond acceptors (Lipinski definition) is 10. The molecule has 0 saturated heterocycles. The maximum Gasteiger partial charge on any atom is 0.392 e. The molecular formula is C13H14N2O10. The Morgan fingerprint density at radius 1 is 0.920 bits per heavy atom. The number of ketones is 2. The summed E-state index contributed by atoms with van der Waals surface area (Å²) in [5.41, 5.74) is -5.62. The molecule has 0 aromatic carbocycles. The van der Waals surface area contributed by atoms with E-state index in [0.29, 0.717) is 0 Å². The minimum absolute atomic E-state index is 0.211. The molecule has 0 heterocycles. The molecule has 2 aliphatic rings. The van der Waals surface area contributed by atoms with Gasteiger partial charge in [-0.3, -0.25) is 29.8 Å². The zero-order valence-electron chi connectivity index (χ0n) is 13.3. The van der Waals surface area contributed by atoms with Gasteiger partial charge in [0.2, 0.25) is 11.6 Å². The average molecular weight is 358 g/mol. The highest BCUT2D eigenvalue weighted by atomic mass is 16.6. The lowest BCUT2D eigenvalue weighted by atomic mass is 9.58. The van der Waals surface area contributed by atoms with Gasteiger partial charge in [0.1, 0.15) is 0 Å². The second-order valence-corrected chi connectivity index (χ2v) is 5.98. The first-order valence-electron chi connectivity index (χ1n) is 7.14. The number of hydrogen-bond donors (Lipinski definition) is 0. The third-order valence-electron chi connectivity index (χ3n) is 4.88. The van der Waals surface area contributed by atoms with Gasteiger partial charge in [-0.25, -0.2) is 9.59 Å². The van der Waals surface area contributed by atoms with E-state index in [2.05, 4.69) is 9.47 Å². The summed E-state index contributed by atoms with van der Waals surface area (Å²) in [5, 5.41) is 22.9. The lowest BCUT2D eigenvalue weighted by molar-refractivity contribution is -0.552. The van der Waals surface area contributed by atoms with Crippen LogP contribution in [0.1, 0.15) is 19.3 Å². The molecule has 2 aliphatic carbocycles. The van der Waals surface area contributed by atoms with Crippen LogP contribution < -0.4 is 0 Å². The maximum atomic E-state index is 12.6. The Bertz CT molecular complexity index is 645. The Labute approximate surface area is 139 Å². The van der Waals surface area contributed by atoms with Gasteiger partial charge in [0.25, 0.3) is 0 Å². The van der Waals surface area contributed by atoms with Gasteiger partial charge in [-0.15, -0.1) is 0 Å². The van der Waals surface area contributed by atoms with Crippen LogP contribution in [0.15, 0.2) is 0 Å². The van der Waals surface area contributed by atoms with E-state index in [4.69, 9.17) is 0 Å². The number of ether oxygens (including phenoxy) is 2. The normalized spacial score (nSPS) is 34.2. The van der Waals surface area contributed by atoms with Gasteiger partial charge < -0.3 is 9.47 Å². The highest BCUT2D eigenvalue weighted by Crippen LogP contribution is 2.47. The van der Waals surface area contributed by atoms with E-state index >= 15 is 0 Å². The Kier molecular flexibility index (Phi) is 4.32. The molecule has 2 fully saturated rings. The first-order chi connectivity index (χ1) is 11.6. The van der Waals surface area contributed by atoms with E-state index in [1.54, 1.807) is 0 Å². The lowest BCUT2D eigenvalue weighted by Crippen LogP contribution is -2.69. The number of Topliss-reactive ketones (excluding diaryl/α,β-unsaturated/α-hetero) is 2. The first kappa shape index (κ1) is 18.4. The number of rotatable bonds is 4. The molecule has 0 N–H and O–H groups in total. The number of esters is 2. The topological polar surface area (TPSA) is 173 Å². The molecule has 0 unspecified atom stereocenters. The summed E-state index contributed by atoms with van der Waals surface area (Å²) in [4.78, 5) is 69.7. The molecule has 0 radical (unpaired) electrons. The number of methoxy groups -OCH3 is 2. The van der Waals surface area contributed by atoms with Gasteiger partial charge in [-0.05, 0) is 6.42 Å². The molecule has 12 heteroatoms. The van der Waals surface area contributed by atoms with Gasteiger partial charge in [-0.2, -0.15) is 0 Å². The molecule has 0 amide bonds. The van der Waals surface area contributed by atoms with E-state index in [1.807, 2.05) is 0 Å². The Morgan fingerprint density at radius 3 is 1.48 bits per heavy atom. The van der Waals surface area contributed by atoms with E-state index in [9.17, 15) is 39.4 Å². The minimum atomic E-state index is -2.81. The monoisotopic (exact) mass is 358 g/mol. The molecule has 2 saturated carbocycles. The molecule has 0 spiro atoms. The molecule has 25 heavy (non-hydrogen) atoms. The van der Waals surface area contributed by atoms with Crippen molar-refractivity contribution in [3.8, 4) is 0 Å². The number of carbonyl (C=O) groups is 4. The fraction of sp³-hybridized carbons (Fsp3) is 0.692. The van der Waals surface area contributed by atoms with Crippen LogP contribution in [0.4, 0.5) is 0 Å². The minimum Gasteiger partial charge on any atom is -0.463 e. The molecule has 2 rings (SSSR count).